The van der Waals surface area contributed by atoms with Gasteiger partial charge in [-0.05, 0) is 0 Å². The first-order chi connectivity index (χ1) is 6.77. The molecule has 0 aromatic carbocycles. The second kappa shape index (κ2) is 3.59. The monoisotopic (exact) mass is 209 g/mol. The van der Waals surface area contributed by atoms with Crippen molar-refractivity contribution in [1.29, 1.82) is 0 Å². The molecule has 0 fully saturated rings. The van der Waals surface area contributed by atoms with E-state index < -0.39 is 5.97 Å². The van der Waals surface area contributed by atoms with Crippen LogP contribution >= 0.6 is 11.3 Å². The Balaban J connectivity index is 2.25. The van der Waals surface area contributed by atoms with Gasteiger partial charge in [0.15, 0.2) is 0 Å². The molecule has 2 heterocycles. The van der Waals surface area contributed by atoms with E-state index >= 15 is 0 Å². The van der Waals surface area contributed by atoms with Crippen LogP contribution in [0.1, 0.15) is 15.6 Å². The van der Waals surface area contributed by atoms with Crippen LogP contribution in [0.2, 0.25) is 0 Å². The molecular weight excluding hydrogens is 202 g/mol. The lowest BCUT2D eigenvalue weighted by Crippen LogP contribution is -2.09. The van der Waals surface area contributed by atoms with Crippen molar-refractivity contribution < 1.29 is 9.90 Å². The van der Waals surface area contributed by atoms with Gasteiger partial charge in [-0.25, -0.2) is 14.8 Å². The smallest absolute Gasteiger partial charge is 0.372 e. The number of aromatic carboxylic acids is 1. The average Bonchev–Trinajstić information content (AvgIpc) is 2.75. The molecule has 0 atom stereocenters. The molecule has 72 valence electrons. The summed E-state index contributed by atoms with van der Waals surface area (Å²) in [5, 5.41) is 11.5. The Morgan fingerprint density at radius 3 is 3.00 bits per heavy atom. The minimum absolute atomic E-state index is 0.0419. The second-order valence-electron chi connectivity index (χ2n) is 2.61. The Bertz CT molecular complexity index is 435. The van der Waals surface area contributed by atoms with E-state index in [4.69, 9.17) is 5.11 Å². The normalized spacial score (nSPS) is 10.3. The molecular formula is C8H7N3O2S. The zero-order chi connectivity index (χ0) is 9.97. The fourth-order valence-electron chi connectivity index (χ4n) is 1.11. The van der Waals surface area contributed by atoms with Crippen LogP contribution in [0.5, 0.6) is 0 Å². The van der Waals surface area contributed by atoms with Crippen LogP contribution in [0.25, 0.3) is 0 Å². The van der Waals surface area contributed by atoms with Gasteiger partial charge in [0, 0.05) is 24.0 Å². The minimum atomic E-state index is -1.02. The Labute approximate surface area is 83.7 Å². The van der Waals surface area contributed by atoms with Crippen molar-refractivity contribution in [1.82, 2.24) is 14.5 Å². The van der Waals surface area contributed by atoms with Crippen LogP contribution in [0, 0.1) is 0 Å². The van der Waals surface area contributed by atoms with Crippen LogP contribution in [0.3, 0.4) is 0 Å². The van der Waals surface area contributed by atoms with Crippen LogP contribution in [0.15, 0.2) is 24.0 Å². The molecule has 1 N–H and O–H groups in total. The Morgan fingerprint density at radius 2 is 2.36 bits per heavy atom. The van der Waals surface area contributed by atoms with E-state index in [1.54, 1.807) is 17.0 Å². The maximum Gasteiger partial charge on any atom is 0.372 e. The van der Waals surface area contributed by atoms with Gasteiger partial charge >= 0.3 is 5.97 Å². The molecule has 5 nitrogen and oxygen atoms in total. The standard InChI is InChI=1S/C8H7N3O2S/c12-8(13)7-10-1-3-11(7)5-6-9-2-4-14-6/h1-4H,5H2,(H,12,13). The number of hydrogen-bond donors (Lipinski definition) is 1. The van der Waals surface area contributed by atoms with Crippen LogP contribution in [-0.4, -0.2) is 25.6 Å². The summed E-state index contributed by atoms with van der Waals surface area (Å²) in [6, 6.07) is 0. The first kappa shape index (κ1) is 8.89. The Kier molecular flexibility index (Phi) is 2.28. The minimum Gasteiger partial charge on any atom is -0.475 e. The summed E-state index contributed by atoms with van der Waals surface area (Å²) in [5.74, 6) is -0.980. The number of carboxylic acid groups (broad SMARTS) is 1. The number of carboxylic acids is 1. The Morgan fingerprint density at radius 1 is 1.50 bits per heavy atom. The van der Waals surface area contributed by atoms with Gasteiger partial charge in [-0.1, -0.05) is 0 Å². The zero-order valence-electron chi connectivity index (χ0n) is 7.12. The molecule has 0 radical (unpaired) electrons. The molecule has 0 unspecified atom stereocenters. The van der Waals surface area contributed by atoms with E-state index in [0.29, 0.717) is 6.54 Å². The summed E-state index contributed by atoms with van der Waals surface area (Å²) in [7, 11) is 0. The van der Waals surface area contributed by atoms with Crippen molar-refractivity contribution in [3.63, 3.8) is 0 Å². The van der Waals surface area contributed by atoms with Crippen molar-refractivity contribution in [2.24, 2.45) is 0 Å². The summed E-state index contributed by atoms with van der Waals surface area (Å²) in [4.78, 5) is 18.5. The number of imidazole rings is 1. The van der Waals surface area contributed by atoms with Crippen LogP contribution in [0.4, 0.5) is 0 Å². The molecule has 0 saturated carbocycles. The third-order valence-corrected chi connectivity index (χ3v) is 2.46. The first-order valence-electron chi connectivity index (χ1n) is 3.90. The molecule has 6 heteroatoms. The summed E-state index contributed by atoms with van der Waals surface area (Å²) in [5.41, 5.74) is 0. The lowest BCUT2D eigenvalue weighted by molar-refractivity contribution is 0.0679. The topological polar surface area (TPSA) is 68.0 Å². The largest absolute Gasteiger partial charge is 0.475 e. The highest BCUT2D eigenvalue weighted by Gasteiger charge is 2.11. The quantitative estimate of drug-likeness (QED) is 0.821. The lowest BCUT2D eigenvalue weighted by atomic mass is 10.5. The van der Waals surface area contributed by atoms with Crippen molar-refractivity contribution >= 4 is 17.3 Å². The van der Waals surface area contributed by atoms with Crippen LogP contribution in [-0.2, 0) is 6.54 Å². The van der Waals surface area contributed by atoms with Gasteiger partial charge in [0.1, 0.15) is 5.01 Å². The molecule has 0 saturated heterocycles. The SMILES string of the molecule is O=C(O)c1nccn1Cc1nccs1. The van der Waals surface area contributed by atoms with Crippen molar-refractivity contribution in [3.8, 4) is 0 Å². The van der Waals surface area contributed by atoms with E-state index in [-0.39, 0.29) is 5.82 Å². The Hall–Kier alpha value is -1.69. The molecule has 14 heavy (non-hydrogen) atoms. The fourth-order valence-corrected chi connectivity index (χ4v) is 1.73. The van der Waals surface area contributed by atoms with Gasteiger partial charge in [-0.15, -0.1) is 11.3 Å². The number of rotatable bonds is 3. The number of thiazole rings is 1. The highest BCUT2D eigenvalue weighted by molar-refractivity contribution is 7.09. The van der Waals surface area contributed by atoms with Gasteiger partial charge in [-0.3, -0.25) is 0 Å². The average molecular weight is 209 g/mol. The van der Waals surface area contributed by atoms with E-state index in [1.807, 2.05) is 5.38 Å². The maximum atomic E-state index is 10.7. The van der Waals surface area contributed by atoms with Gasteiger partial charge < -0.3 is 9.67 Å². The number of nitrogens with zero attached hydrogens (tertiary/aromatic N) is 3. The number of hydrogen-bond acceptors (Lipinski definition) is 4. The predicted octanol–water partition coefficient (Wildman–Crippen LogP) is 1.09. The van der Waals surface area contributed by atoms with Crippen molar-refractivity contribution in [3.05, 3.63) is 34.8 Å². The molecule has 0 amide bonds. The van der Waals surface area contributed by atoms with E-state index in [0.717, 1.165) is 5.01 Å². The van der Waals surface area contributed by atoms with E-state index in [9.17, 15) is 4.79 Å². The molecule has 2 aromatic heterocycles. The van der Waals surface area contributed by atoms with Gasteiger partial charge in [-0.2, -0.15) is 0 Å². The summed E-state index contributed by atoms with van der Waals surface area (Å²) in [6.07, 6.45) is 4.79. The molecule has 0 aliphatic rings. The molecule has 0 aliphatic carbocycles. The third-order valence-electron chi connectivity index (χ3n) is 1.70. The lowest BCUT2D eigenvalue weighted by Gasteiger charge is -2.00. The highest BCUT2D eigenvalue weighted by atomic mass is 32.1. The van der Waals surface area contributed by atoms with Crippen molar-refractivity contribution in [2.45, 2.75) is 6.54 Å². The third kappa shape index (κ3) is 1.64. The molecule has 2 rings (SSSR count). The maximum absolute atomic E-state index is 10.7. The predicted molar refractivity (Wildman–Crippen MR) is 50.4 cm³/mol. The second-order valence-corrected chi connectivity index (χ2v) is 3.59. The van der Waals surface area contributed by atoms with E-state index in [2.05, 4.69) is 9.97 Å². The summed E-state index contributed by atoms with van der Waals surface area (Å²) in [6.45, 7) is 0.458. The van der Waals surface area contributed by atoms with Gasteiger partial charge in [0.2, 0.25) is 5.82 Å². The van der Waals surface area contributed by atoms with E-state index in [1.165, 1.54) is 17.5 Å². The number of aromatic nitrogens is 3. The molecule has 2 aromatic rings. The highest BCUT2D eigenvalue weighted by Crippen LogP contribution is 2.08. The van der Waals surface area contributed by atoms with Gasteiger partial charge in [0.05, 0.1) is 6.54 Å². The van der Waals surface area contributed by atoms with Crippen LogP contribution < -0.4 is 0 Å². The number of carbonyl (C=O) groups is 1. The zero-order valence-corrected chi connectivity index (χ0v) is 7.94. The first-order valence-corrected chi connectivity index (χ1v) is 4.78. The molecule has 0 bridgehead atoms. The molecule has 0 spiro atoms. The van der Waals surface area contributed by atoms with Crippen molar-refractivity contribution in [2.75, 3.05) is 0 Å². The van der Waals surface area contributed by atoms with Gasteiger partial charge in [0.25, 0.3) is 0 Å². The fraction of sp³-hybridized carbons (Fsp3) is 0.125. The summed E-state index contributed by atoms with van der Waals surface area (Å²) < 4.78 is 1.56. The molecule has 0 aliphatic heterocycles. The summed E-state index contributed by atoms with van der Waals surface area (Å²) >= 11 is 1.49.